The summed E-state index contributed by atoms with van der Waals surface area (Å²) >= 11 is 0. The summed E-state index contributed by atoms with van der Waals surface area (Å²) in [4.78, 5) is 0. The van der Waals surface area contributed by atoms with Gasteiger partial charge >= 0.3 is 0 Å². The van der Waals surface area contributed by atoms with Gasteiger partial charge in [-0.25, -0.2) is 8.78 Å². The average Bonchev–Trinajstić information content (AvgIpc) is 2.12. The molecule has 2 rings (SSSR count). The summed E-state index contributed by atoms with van der Waals surface area (Å²) in [5, 5.41) is 0.725. The van der Waals surface area contributed by atoms with Crippen molar-refractivity contribution in [1.82, 2.24) is 0 Å². The third kappa shape index (κ3) is 1.18. The molecule has 0 aromatic heterocycles. The first-order valence-electron chi connectivity index (χ1n) is 4.03. The second-order valence-electron chi connectivity index (χ2n) is 3.03. The molecule has 13 heavy (non-hydrogen) atoms. The first-order chi connectivity index (χ1) is 6.20. The molecule has 0 saturated carbocycles. The topological polar surface area (TPSA) is 0 Å². The highest BCUT2D eigenvalue weighted by Gasteiger charge is 2.06. The lowest BCUT2D eigenvalue weighted by Gasteiger charge is -2.03. The van der Waals surface area contributed by atoms with Gasteiger partial charge in [-0.3, -0.25) is 0 Å². The van der Waals surface area contributed by atoms with Gasteiger partial charge in [0.2, 0.25) is 0 Å². The van der Waals surface area contributed by atoms with Crippen LogP contribution in [0.1, 0.15) is 5.56 Å². The zero-order valence-electron chi connectivity index (χ0n) is 7.14. The molecule has 2 aromatic rings. The Kier molecular flexibility index (Phi) is 1.76. The van der Waals surface area contributed by atoms with Crippen molar-refractivity contribution >= 4 is 10.8 Å². The lowest BCUT2D eigenvalue weighted by atomic mass is 10.0. The normalized spacial score (nSPS) is 10.7. The van der Waals surface area contributed by atoms with Gasteiger partial charge in [-0.2, -0.15) is 0 Å². The van der Waals surface area contributed by atoms with E-state index in [0.29, 0.717) is 10.8 Å². The molecule has 0 aliphatic carbocycles. The summed E-state index contributed by atoms with van der Waals surface area (Å²) in [6, 6.07) is 7.38. The lowest BCUT2D eigenvalue weighted by molar-refractivity contribution is 0.617. The second-order valence-corrected chi connectivity index (χ2v) is 3.03. The summed E-state index contributed by atoms with van der Waals surface area (Å²) in [6.45, 7) is 1.77. The van der Waals surface area contributed by atoms with Crippen LogP contribution in [0, 0.1) is 18.6 Å². The molecule has 0 N–H and O–H groups in total. The standard InChI is InChI=1S/C11H8F2/c1-7-3-2-4-8-9(12)5-6-10(13)11(7)8/h2-6H,1H3. The summed E-state index contributed by atoms with van der Waals surface area (Å²) in [7, 11) is 0. The smallest absolute Gasteiger partial charge is 0.131 e. The second kappa shape index (κ2) is 2.80. The Morgan fingerprint density at radius 2 is 1.62 bits per heavy atom. The van der Waals surface area contributed by atoms with Gasteiger partial charge < -0.3 is 0 Å². The summed E-state index contributed by atoms with van der Waals surface area (Å²) in [6.07, 6.45) is 0. The molecule has 0 heterocycles. The zero-order valence-corrected chi connectivity index (χ0v) is 7.14. The van der Waals surface area contributed by atoms with E-state index in [2.05, 4.69) is 0 Å². The van der Waals surface area contributed by atoms with Crippen molar-refractivity contribution in [1.29, 1.82) is 0 Å². The molecule has 0 radical (unpaired) electrons. The van der Waals surface area contributed by atoms with E-state index in [9.17, 15) is 8.78 Å². The number of hydrogen-bond donors (Lipinski definition) is 0. The van der Waals surface area contributed by atoms with Crippen molar-refractivity contribution in [2.45, 2.75) is 6.92 Å². The van der Waals surface area contributed by atoms with Crippen LogP contribution in [0.2, 0.25) is 0 Å². The van der Waals surface area contributed by atoms with Gasteiger partial charge in [0.05, 0.1) is 0 Å². The predicted octanol–water partition coefficient (Wildman–Crippen LogP) is 3.43. The Balaban J connectivity index is 3.00. The van der Waals surface area contributed by atoms with Crippen LogP contribution in [0.3, 0.4) is 0 Å². The van der Waals surface area contributed by atoms with Crippen LogP contribution in [0.15, 0.2) is 30.3 Å². The number of fused-ring (bicyclic) bond motifs is 1. The molecule has 66 valence electrons. The summed E-state index contributed by atoms with van der Waals surface area (Å²) < 4.78 is 26.4. The van der Waals surface area contributed by atoms with Crippen molar-refractivity contribution in [3.8, 4) is 0 Å². The Labute approximate surface area is 74.8 Å². The van der Waals surface area contributed by atoms with E-state index < -0.39 is 0 Å². The SMILES string of the molecule is Cc1cccc2c(F)ccc(F)c12. The molecular weight excluding hydrogens is 170 g/mol. The van der Waals surface area contributed by atoms with Gasteiger partial charge in [-0.1, -0.05) is 18.2 Å². The van der Waals surface area contributed by atoms with E-state index in [1.807, 2.05) is 0 Å². The Bertz CT molecular complexity index is 453. The highest BCUT2D eigenvalue weighted by atomic mass is 19.1. The fourth-order valence-electron chi connectivity index (χ4n) is 1.50. The minimum absolute atomic E-state index is 0.347. The minimum atomic E-state index is -0.375. The molecule has 0 unspecified atom stereocenters. The predicted molar refractivity (Wildman–Crippen MR) is 48.6 cm³/mol. The maximum atomic E-state index is 13.3. The number of rotatable bonds is 0. The average molecular weight is 178 g/mol. The van der Waals surface area contributed by atoms with Gasteiger partial charge in [0.25, 0.3) is 0 Å². The lowest BCUT2D eigenvalue weighted by Crippen LogP contribution is -1.86. The van der Waals surface area contributed by atoms with Gasteiger partial charge in [0, 0.05) is 10.8 Å². The van der Waals surface area contributed by atoms with E-state index in [-0.39, 0.29) is 11.6 Å². The molecular formula is C11H8F2. The third-order valence-electron chi connectivity index (χ3n) is 2.14. The van der Waals surface area contributed by atoms with Crippen molar-refractivity contribution < 1.29 is 8.78 Å². The van der Waals surface area contributed by atoms with E-state index in [4.69, 9.17) is 0 Å². The van der Waals surface area contributed by atoms with Gasteiger partial charge in [0.1, 0.15) is 11.6 Å². The van der Waals surface area contributed by atoms with Crippen LogP contribution >= 0.6 is 0 Å². The number of halogens is 2. The van der Waals surface area contributed by atoms with Crippen molar-refractivity contribution in [3.63, 3.8) is 0 Å². The van der Waals surface area contributed by atoms with E-state index in [0.717, 1.165) is 17.7 Å². The van der Waals surface area contributed by atoms with Crippen LogP contribution in [0.25, 0.3) is 10.8 Å². The summed E-state index contributed by atoms with van der Waals surface area (Å²) in [5.41, 5.74) is 0.759. The van der Waals surface area contributed by atoms with Crippen molar-refractivity contribution in [3.05, 3.63) is 47.5 Å². The van der Waals surface area contributed by atoms with Crippen molar-refractivity contribution in [2.75, 3.05) is 0 Å². The molecule has 2 aromatic carbocycles. The molecule has 0 atom stereocenters. The molecule has 0 saturated heterocycles. The number of hydrogen-bond acceptors (Lipinski definition) is 0. The van der Waals surface area contributed by atoms with Crippen LogP contribution in [0.5, 0.6) is 0 Å². The minimum Gasteiger partial charge on any atom is -0.206 e. The molecule has 0 amide bonds. The van der Waals surface area contributed by atoms with Gasteiger partial charge in [-0.15, -0.1) is 0 Å². The third-order valence-corrected chi connectivity index (χ3v) is 2.14. The highest BCUT2D eigenvalue weighted by molar-refractivity contribution is 5.86. The van der Waals surface area contributed by atoms with Gasteiger partial charge in [0.15, 0.2) is 0 Å². The first kappa shape index (κ1) is 8.17. The Morgan fingerprint density at radius 1 is 0.923 bits per heavy atom. The first-order valence-corrected chi connectivity index (χ1v) is 4.03. The molecule has 0 aliphatic rings. The molecule has 0 bridgehead atoms. The molecule has 0 aliphatic heterocycles. The monoisotopic (exact) mass is 178 g/mol. The quantitative estimate of drug-likeness (QED) is 0.579. The van der Waals surface area contributed by atoms with Crippen LogP contribution in [-0.4, -0.2) is 0 Å². The number of aryl methyl sites for hydroxylation is 1. The fraction of sp³-hybridized carbons (Fsp3) is 0.0909. The molecule has 2 heteroatoms. The maximum absolute atomic E-state index is 13.3. The Morgan fingerprint density at radius 3 is 2.31 bits per heavy atom. The number of benzene rings is 2. The fourth-order valence-corrected chi connectivity index (χ4v) is 1.50. The maximum Gasteiger partial charge on any atom is 0.131 e. The van der Waals surface area contributed by atoms with Crippen LogP contribution < -0.4 is 0 Å². The summed E-state index contributed by atoms with van der Waals surface area (Å²) in [5.74, 6) is -0.741. The highest BCUT2D eigenvalue weighted by Crippen LogP contribution is 2.23. The van der Waals surface area contributed by atoms with Crippen LogP contribution in [-0.2, 0) is 0 Å². The molecule has 0 nitrogen and oxygen atoms in total. The van der Waals surface area contributed by atoms with E-state index >= 15 is 0 Å². The van der Waals surface area contributed by atoms with E-state index in [1.54, 1.807) is 25.1 Å². The van der Waals surface area contributed by atoms with E-state index in [1.165, 1.54) is 0 Å². The zero-order chi connectivity index (χ0) is 9.42. The van der Waals surface area contributed by atoms with Crippen molar-refractivity contribution in [2.24, 2.45) is 0 Å². The molecule has 0 spiro atoms. The van der Waals surface area contributed by atoms with Crippen LogP contribution in [0.4, 0.5) is 8.78 Å². The molecule has 0 fully saturated rings. The van der Waals surface area contributed by atoms with Gasteiger partial charge in [-0.05, 0) is 24.6 Å². The largest absolute Gasteiger partial charge is 0.206 e. The Hall–Kier alpha value is -1.44.